The Morgan fingerprint density at radius 2 is 2.00 bits per heavy atom. The standard InChI is InChI=1S/C17H22N2O/c1-2-17(18)13-5-7-14(8-6-13)19(15-9-10-15)12-16-4-3-11-20-16/h3-8,11,15,17H,2,9-10,12,18H2,1H3/t17-/m0/s1. The van der Waals surface area contributed by atoms with Crippen molar-refractivity contribution >= 4 is 5.69 Å². The summed E-state index contributed by atoms with van der Waals surface area (Å²) in [7, 11) is 0. The third-order valence-electron chi connectivity index (χ3n) is 3.99. The van der Waals surface area contributed by atoms with Crippen molar-refractivity contribution in [1.29, 1.82) is 0 Å². The number of benzene rings is 1. The molecule has 0 bridgehead atoms. The Labute approximate surface area is 120 Å². The number of rotatable bonds is 6. The summed E-state index contributed by atoms with van der Waals surface area (Å²) in [6, 6.07) is 13.5. The number of nitrogens with two attached hydrogens (primary N) is 1. The van der Waals surface area contributed by atoms with Crippen LogP contribution in [0.3, 0.4) is 0 Å². The number of furan rings is 1. The van der Waals surface area contributed by atoms with Gasteiger partial charge in [0.25, 0.3) is 0 Å². The molecule has 1 heterocycles. The minimum atomic E-state index is 0.142. The molecule has 1 aromatic carbocycles. The van der Waals surface area contributed by atoms with E-state index in [1.165, 1.54) is 24.1 Å². The lowest BCUT2D eigenvalue weighted by atomic mass is 10.0. The molecule has 20 heavy (non-hydrogen) atoms. The molecule has 1 saturated carbocycles. The Hall–Kier alpha value is -1.74. The van der Waals surface area contributed by atoms with Crippen LogP contribution in [0.5, 0.6) is 0 Å². The van der Waals surface area contributed by atoms with Crippen LogP contribution in [0.15, 0.2) is 47.1 Å². The normalized spacial score (nSPS) is 16.1. The maximum atomic E-state index is 6.07. The molecule has 2 N–H and O–H groups in total. The van der Waals surface area contributed by atoms with Crippen LogP contribution in [0, 0.1) is 0 Å². The quantitative estimate of drug-likeness (QED) is 0.866. The first-order valence-electron chi connectivity index (χ1n) is 7.42. The fourth-order valence-corrected chi connectivity index (χ4v) is 2.54. The highest BCUT2D eigenvalue weighted by Gasteiger charge is 2.29. The molecular weight excluding hydrogens is 248 g/mol. The first-order valence-corrected chi connectivity index (χ1v) is 7.42. The molecule has 1 aliphatic carbocycles. The fraction of sp³-hybridized carbons (Fsp3) is 0.412. The van der Waals surface area contributed by atoms with Crippen LogP contribution < -0.4 is 10.6 Å². The van der Waals surface area contributed by atoms with Crippen LogP contribution in [0.1, 0.15) is 43.6 Å². The molecule has 0 aliphatic heterocycles. The van der Waals surface area contributed by atoms with E-state index in [1.807, 2.05) is 12.1 Å². The highest BCUT2D eigenvalue weighted by atomic mass is 16.3. The van der Waals surface area contributed by atoms with Crippen molar-refractivity contribution in [2.45, 2.75) is 44.8 Å². The van der Waals surface area contributed by atoms with E-state index in [1.54, 1.807) is 6.26 Å². The van der Waals surface area contributed by atoms with Gasteiger partial charge < -0.3 is 15.1 Å². The fourth-order valence-electron chi connectivity index (χ4n) is 2.54. The Balaban J connectivity index is 1.77. The molecule has 3 rings (SSSR count). The molecule has 1 aliphatic rings. The minimum Gasteiger partial charge on any atom is -0.467 e. The van der Waals surface area contributed by atoms with Crippen LogP contribution in [-0.2, 0) is 6.54 Å². The van der Waals surface area contributed by atoms with E-state index < -0.39 is 0 Å². The summed E-state index contributed by atoms with van der Waals surface area (Å²) in [5, 5.41) is 0. The predicted molar refractivity (Wildman–Crippen MR) is 81.6 cm³/mol. The summed E-state index contributed by atoms with van der Waals surface area (Å²) >= 11 is 0. The van der Waals surface area contributed by atoms with Crippen molar-refractivity contribution in [3.05, 3.63) is 54.0 Å². The maximum absolute atomic E-state index is 6.07. The number of anilines is 1. The topological polar surface area (TPSA) is 42.4 Å². The third-order valence-corrected chi connectivity index (χ3v) is 3.99. The van der Waals surface area contributed by atoms with Crippen molar-refractivity contribution in [2.75, 3.05) is 4.90 Å². The van der Waals surface area contributed by atoms with Crippen molar-refractivity contribution in [3.8, 4) is 0 Å². The van der Waals surface area contributed by atoms with Gasteiger partial charge in [0.05, 0.1) is 12.8 Å². The van der Waals surface area contributed by atoms with Crippen molar-refractivity contribution in [1.82, 2.24) is 0 Å². The summed E-state index contributed by atoms with van der Waals surface area (Å²) in [6.45, 7) is 2.96. The van der Waals surface area contributed by atoms with Gasteiger partial charge in [0.1, 0.15) is 5.76 Å². The van der Waals surface area contributed by atoms with Gasteiger partial charge in [-0.15, -0.1) is 0 Å². The van der Waals surface area contributed by atoms with Gasteiger partial charge in [-0.2, -0.15) is 0 Å². The summed E-state index contributed by atoms with van der Waals surface area (Å²) in [5.41, 5.74) is 8.55. The van der Waals surface area contributed by atoms with Gasteiger partial charge in [-0.3, -0.25) is 0 Å². The molecule has 2 aromatic rings. The number of hydrogen-bond donors (Lipinski definition) is 1. The Morgan fingerprint density at radius 1 is 1.25 bits per heavy atom. The number of hydrogen-bond acceptors (Lipinski definition) is 3. The van der Waals surface area contributed by atoms with E-state index in [-0.39, 0.29) is 6.04 Å². The average molecular weight is 270 g/mol. The van der Waals surface area contributed by atoms with Crippen LogP contribution in [0.4, 0.5) is 5.69 Å². The van der Waals surface area contributed by atoms with Gasteiger partial charge >= 0.3 is 0 Å². The lowest BCUT2D eigenvalue weighted by Crippen LogP contribution is -2.24. The molecule has 1 atom stereocenters. The highest BCUT2D eigenvalue weighted by Crippen LogP contribution is 2.33. The molecular formula is C17H22N2O. The predicted octanol–water partition coefficient (Wildman–Crippen LogP) is 3.86. The monoisotopic (exact) mass is 270 g/mol. The zero-order valence-corrected chi connectivity index (χ0v) is 12.0. The van der Waals surface area contributed by atoms with Crippen LogP contribution in [-0.4, -0.2) is 6.04 Å². The zero-order valence-electron chi connectivity index (χ0n) is 12.0. The highest BCUT2D eigenvalue weighted by molar-refractivity contribution is 5.50. The van der Waals surface area contributed by atoms with E-state index in [4.69, 9.17) is 10.2 Å². The van der Waals surface area contributed by atoms with Gasteiger partial charge in [-0.05, 0) is 49.1 Å². The second-order valence-corrected chi connectivity index (χ2v) is 5.54. The molecule has 0 radical (unpaired) electrons. The largest absolute Gasteiger partial charge is 0.467 e. The molecule has 106 valence electrons. The molecule has 3 heteroatoms. The molecule has 0 saturated heterocycles. The number of nitrogens with zero attached hydrogens (tertiary/aromatic N) is 1. The second-order valence-electron chi connectivity index (χ2n) is 5.54. The van der Waals surface area contributed by atoms with Gasteiger partial charge in [0, 0.05) is 17.8 Å². The van der Waals surface area contributed by atoms with E-state index in [9.17, 15) is 0 Å². The van der Waals surface area contributed by atoms with Gasteiger partial charge in [0.15, 0.2) is 0 Å². The van der Waals surface area contributed by atoms with Crippen molar-refractivity contribution in [3.63, 3.8) is 0 Å². The van der Waals surface area contributed by atoms with Crippen LogP contribution in [0.2, 0.25) is 0 Å². The summed E-state index contributed by atoms with van der Waals surface area (Å²) in [4.78, 5) is 2.43. The van der Waals surface area contributed by atoms with Crippen LogP contribution >= 0.6 is 0 Å². The van der Waals surface area contributed by atoms with Crippen LogP contribution in [0.25, 0.3) is 0 Å². The SMILES string of the molecule is CC[C@H](N)c1ccc(N(Cc2ccco2)C2CC2)cc1. The Bertz CT molecular complexity index is 529. The smallest absolute Gasteiger partial charge is 0.123 e. The molecule has 1 fully saturated rings. The first kappa shape index (κ1) is 13.3. The maximum Gasteiger partial charge on any atom is 0.123 e. The van der Waals surface area contributed by atoms with E-state index >= 15 is 0 Å². The molecule has 0 unspecified atom stereocenters. The Kier molecular flexibility index (Phi) is 3.79. The summed E-state index contributed by atoms with van der Waals surface area (Å²) in [5.74, 6) is 1.02. The zero-order chi connectivity index (χ0) is 13.9. The van der Waals surface area contributed by atoms with Crippen molar-refractivity contribution in [2.24, 2.45) is 5.73 Å². The molecule has 0 amide bonds. The second kappa shape index (κ2) is 5.71. The third kappa shape index (κ3) is 2.88. The first-order chi connectivity index (χ1) is 9.78. The molecule has 3 nitrogen and oxygen atoms in total. The van der Waals surface area contributed by atoms with E-state index in [0.29, 0.717) is 6.04 Å². The Morgan fingerprint density at radius 3 is 2.55 bits per heavy atom. The van der Waals surface area contributed by atoms with Gasteiger partial charge in [-0.1, -0.05) is 19.1 Å². The van der Waals surface area contributed by atoms with E-state index in [0.717, 1.165) is 18.7 Å². The summed E-state index contributed by atoms with van der Waals surface area (Å²) in [6.07, 6.45) is 5.26. The molecule has 0 spiro atoms. The minimum absolute atomic E-state index is 0.142. The lowest BCUT2D eigenvalue weighted by Gasteiger charge is -2.24. The van der Waals surface area contributed by atoms with Gasteiger partial charge in [0.2, 0.25) is 0 Å². The summed E-state index contributed by atoms with van der Waals surface area (Å²) < 4.78 is 5.48. The van der Waals surface area contributed by atoms with Crippen molar-refractivity contribution < 1.29 is 4.42 Å². The molecule has 1 aromatic heterocycles. The van der Waals surface area contributed by atoms with E-state index in [2.05, 4.69) is 36.1 Å². The average Bonchev–Trinajstić information content (AvgIpc) is 3.21. The lowest BCUT2D eigenvalue weighted by molar-refractivity contribution is 0.501. The van der Waals surface area contributed by atoms with Gasteiger partial charge in [-0.25, -0.2) is 0 Å².